The highest BCUT2D eigenvalue weighted by Gasteiger charge is 2.03. The molecule has 0 saturated carbocycles. The zero-order valence-corrected chi connectivity index (χ0v) is 10.7. The molecule has 98 valence electrons. The molecular weight excluding hydrogens is 230 g/mol. The van der Waals surface area contributed by atoms with Crippen molar-refractivity contribution in [3.63, 3.8) is 0 Å². The first kappa shape index (κ1) is 14.2. The van der Waals surface area contributed by atoms with Crippen LogP contribution in [0.2, 0.25) is 0 Å². The number of hydrogen-bond acceptors (Lipinski definition) is 3. The zero-order chi connectivity index (χ0) is 13.5. The molecule has 1 aromatic carbocycles. The minimum absolute atomic E-state index is 0.0913. The molecule has 0 fully saturated rings. The van der Waals surface area contributed by atoms with Gasteiger partial charge in [0, 0.05) is 11.7 Å². The molecule has 0 spiro atoms. The van der Waals surface area contributed by atoms with Crippen LogP contribution in [0.5, 0.6) is 0 Å². The van der Waals surface area contributed by atoms with Gasteiger partial charge in [0.25, 0.3) is 0 Å². The Bertz CT molecular complexity index is 413. The molecule has 0 aliphatic rings. The highest BCUT2D eigenvalue weighted by atomic mass is 16.2. The van der Waals surface area contributed by atoms with Gasteiger partial charge in [-0.05, 0) is 17.7 Å². The number of nitrogens with one attached hydrogen (secondary N) is 2. The highest BCUT2D eigenvalue weighted by molar-refractivity contribution is 5.92. The molecule has 2 amide bonds. The van der Waals surface area contributed by atoms with Crippen molar-refractivity contribution in [3.05, 3.63) is 29.8 Å². The maximum atomic E-state index is 11.5. The number of hydrogen-bond donors (Lipinski definition) is 3. The third kappa shape index (κ3) is 5.45. The van der Waals surface area contributed by atoms with E-state index in [1.54, 1.807) is 24.3 Å². The van der Waals surface area contributed by atoms with Gasteiger partial charge in [-0.15, -0.1) is 0 Å². The molecule has 0 bridgehead atoms. The number of benzene rings is 1. The molecule has 1 rings (SSSR count). The normalized spacial score (nSPS) is 10.4. The number of anilines is 1. The van der Waals surface area contributed by atoms with Crippen molar-refractivity contribution >= 4 is 17.5 Å². The van der Waals surface area contributed by atoms with Crippen LogP contribution in [0.3, 0.4) is 0 Å². The Labute approximate surface area is 107 Å². The molecule has 4 N–H and O–H groups in total. The van der Waals surface area contributed by atoms with Crippen molar-refractivity contribution in [2.45, 2.75) is 26.3 Å². The van der Waals surface area contributed by atoms with Crippen LogP contribution in [0.4, 0.5) is 5.69 Å². The fourth-order valence-corrected chi connectivity index (χ4v) is 1.41. The smallest absolute Gasteiger partial charge is 0.238 e. The monoisotopic (exact) mass is 249 g/mol. The molecule has 0 saturated heterocycles. The number of nitrogens with two attached hydrogens (primary N) is 1. The molecule has 0 unspecified atom stereocenters. The van der Waals surface area contributed by atoms with Crippen molar-refractivity contribution in [1.29, 1.82) is 0 Å². The Hall–Kier alpha value is -1.88. The highest BCUT2D eigenvalue weighted by Crippen LogP contribution is 2.09. The van der Waals surface area contributed by atoms with Gasteiger partial charge in [0.15, 0.2) is 0 Å². The third-order valence-corrected chi connectivity index (χ3v) is 2.29. The Balaban J connectivity index is 2.48. The van der Waals surface area contributed by atoms with Crippen LogP contribution in [0.15, 0.2) is 24.3 Å². The lowest BCUT2D eigenvalue weighted by Crippen LogP contribution is -2.32. The minimum atomic E-state index is -0.368. The lowest BCUT2D eigenvalue weighted by molar-refractivity contribution is -0.117. The first-order valence-corrected chi connectivity index (χ1v) is 5.88. The first-order valence-electron chi connectivity index (χ1n) is 5.88. The number of rotatable bonds is 6. The van der Waals surface area contributed by atoms with E-state index in [0.29, 0.717) is 5.69 Å². The van der Waals surface area contributed by atoms with E-state index in [-0.39, 0.29) is 30.8 Å². The molecule has 18 heavy (non-hydrogen) atoms. The number of amides is 2. The summed E-state index contributed by atoms with van der Waals surface area (Å²) in [6, 6.07) is 7.33. The van der Waals surface area contributed by atoms with E-state index in [9.17, 15) is 9.59 Å². The van der Waals surface area contributed by atoms with E-state index in [2.05, 4.69) is 10.6 Å². The van der Waals surface area contributed by atoms with Gasteiger partial charge in [-0.2, -0.15) is 0 Å². The van der Waals surface area contributed by atoms with Gasteiger partial charge in [-0.25, -0.2) is 0 Å². The minimum Gasteiger partial charge on any atom is -0.369 e. The van der Waals surface area contributed by atoms with E-state index < -0.39 is 0 Å². The van der Waals surface area contributed by atoms with E-state index in [0.717, 1.165) is 5.56 Å². The lowest BCUT2D eigenvalue weighted by Gasteiger charge is -2.09. The summed E-state index contributed by atoms with van der Waals surface area (Å²) in [6.07, 6.45) is 0.211. The first-order chi connectivity index (χ1) is 8.47. The Kier molecular flexibility index (Phi) is 5.32. The second kappa shape index (κ2) is 6.76. The number of carbonyl (C=O) groups is 2. The second-order valence-corrected chi connectivity index (χ2v) is 4.42. The fourth-order valence-electron chi connectivity index (χ4n) is 1.41. The van der Waals surface area contributed by atoms with Crippen molar-refractivity contribution in [2.75, 3.05) is 11.9 Å². The molecule has 0 radical (unpaired) electrons. The van der Waals surface area contributed by atoms with Crippen LogP contribution in [0.1, 0.15) is 19.4 Å². The zero-order valence-electron chi connectivity index (χ0n) is 10.7. The second-order valence-electron chi connectivity index (χ2n) is 4.42. The van der Waals surface area contributed by atoms with Crippen molar-refractivity contribution in [3.8, 4) is 0 Å². The van der Waals surface area contributed by atoms with E-state index in [4.69, 9.17) is 5.73 Å². The van der Waals surface area contributed by atoms with Crippen LogP contribution in [-0.2, 0) is 16.0 Å². The molecule has 1 aromatic rings. The maximum Gasteiger partial charge on any atom is 0.238 e. The summed E-state index contributed by atoms with van der Waals surface area (Å²) in [5, 5.41) is 5.79. The Morgan fingerprint density at radius 2 is 1.83 bits per heavy atom. The van der Waals surface area contributed by atoms with Crippen LogP contribution < -0.4 is 16.4 Å². The standard InChI is InChI=1S/C13H19N3O2/c1-9(2)15-8-13(18)16-11-5-3-10(4-6-11)7-12(14)17/h3-6,9,15H,7-8H2,1-2H3,(H2,14,17)(H,16,18). The third-order valence-electron chi connectivity index (χ3n) is 2.29. The Morgan fingerprint density at radius 3 is 2.33 bits per heavy atom. The van der Waals surface area contributed by atoms with E-state index in [1.807, 2.05) is 13.8 Å². The van der Waals surface area contributed by atoms with Gasteiger partial charge in [0.1, 0.15) is 0 Å². The van der Waals surface area contributed by atoms with Gasteiger partial charge in [-0.3, -0.25) is 9.59 Å². The van der Waals surface area contributed by atoms with Gasteiger partial charge in [-0.1, -0.05) is 26.0 Å². The van der Waals surface area contributed by atoms with E-state index >= 15 is 0 Å². The van der Waals surface area contributed by atoms with Crippen molar-refractivity contribution in [1.82, 2.24) is 5.32 Å². The predicted octanol–water partition coefficient (Wildman–Crippen LogP) is 0.651. The summed E-state index contributed by atoms with van der Waals surface area (Å²) < 4.78 is 0. The largest absolute Gasteiger partial charge is 0.369 e. The maximum absolute atomic E-state index is 11.5. The van der Waals surface area contributed by atoms with Crippen LogP contribution in [0.25, 0.3) is 0 Å². The van der Waals surface area contributed by atoms with Crippen LogP contribution >= 0.6 is 0 Å². The summed E-state index contributed by atoms with van der Waals surface area (Å²) in [4.78, 5) is 22.3. The fraction of sp³-hybridized carbons (Fsp3) is 0.385. The average molecular weight is 249 g/mol. The van der Waals surface area contributed by atoms with Crippen LogP contribution in [0, 0.1) is 0 Å². The van der Waals surface area contributed by atoms with Crippen molar-refractivity contribution in [2.24, 2.45) is 5.73 Å². The van der Waals surface area contributed by atoms with E-state index in [1.165, 1.54) is 0 Å². The summed E-state index contributed by atoms with van der Waals surface area (Å²) in [5.41, 5.74) is 6.64. The molecule has 5 nitrogen and oxygen atoms in total. The number of primary amides is 1. The molecule has 0 aromatic heterocycles. The van der Waals surface area contributed by atoms with Crippen molar-refractivity contribution < 1.29 is 9.59 Å². The summed E-state index contributed by atoms with van der Waals surface area (Å²) in [7, 11) is 0. The summed E-state index contributed by atoms with van der Waals surface area (Å²) in [6.45, 7) is 4.23. The van der Waals surface area contributed by atoms with Crippen LogP contribution in [-0.4, -0.2) is 24.4 Å². The average Bonchev–Trinajstić information content (AvgIpc) is 2.28. The van der Waals surface area contributed by atoms with Gasteiger partial charge < -0.3 is 16.4 Å². The summed E-state index contributed by atoms with van der Waals surface area (Å²) >= 11 is 0. The molecule has 0 atom stereocenters. The lowest BCUT2D eigenvalue weighted by atomic mass is 10.1. The topological polar surface area (TPSA) is 84.2 Å². The molecule has 0 aliphatic carbocycles. The number of carbonyl (C=O) groups excluding carboxylic acids is 2. The molecular formula is C13H19N3O2. The van der Waals surface area contributed by atoms with Gasteiger partial charge in [0.2, 0.25) is 11.8 Å². The molecule has 0 heterocycles. The predicted molar refractivity (Wildman–Crippen MR) is 71.1 cm³/mol. The van der Waals surface area contributed by atoms with Gasteiger partial charge >= 0.3 is 0 Å². The van der Waals surface area contributed by atoms with Gasteiger partial charge in [0.05, 0.1) is 13.0 Å². The molecule has 0 aliphatic heterocycles. The quantitative estimate of drug-likeness (QED) is 0.692. The molecule has 5 heteroatoms. The summed E-state index contributed by atoms with van der Waals surface area (Å²) in [5.74, 6) is -0.459. The SMILES string of the molecule is CC(C)NCC(=O)Nc1ccc(CC(N)=O)cc1. The Morgan fingerprint density at radius 1 is 1.22 bits per heavy atom.